The van der Waals surface area contributed by atoms with Gasteiger partial charge in [0.2, 0.25) is 0 Å². The molecule has 1 N–H and O–H groups in total. The third kappa shape index (κ3) is 5.37. The highest BCUT2D eigenvalue weighted by molar-refractivity contribution is 5.92. The summed E-state index contributed by atoms with van der Waals surface area (Å²) in [6.07, 6.45) is 5.60. The lowest BCUT2D eigenvalue weighted by atomic mass is 9.87. The van der Waals surface area contributed by atoms with E-state index in [-0.39, 0.29) is 30.2 Å². The molecule has 1 aliphatic heterocycles. The van der Waals surface area contributed by atoms with E-state index in [9.17, 15) is 9.59 Å². The molecule has 1 aliphatic rings. The fourth-order valence-electron chi connectivity index (χ4n) is 4.94. The van der Waals surface area contributed by atoms with Crippen molar-refractivity contribution in [2.75, 3.05) is 6.54 Å². The SMILES string of the molecule is O=C(NCc1ccncc1)c1ccc(COc2ccc3c(c2)[C@@H](c2ccccc2)N(C(=O)c2ccco2)CC3)o1. The van der Waals surface area contributed by atoms with E-state index in [4.69, 9.17) is 13.6 Å². The Balaban J connectivity index is 1.18. The molecule has 8 heteroatoms. The quantitative estimate of drug-likeness (QED) is 0.280. The van der Waals surface area contributed by atoms with E-state index in [2.05, 4.69) is 16.4 Å². The van der Waals surface area contributed by atoms with Gasteiger partial charge in [-0.05, 0) is 77.2 Å². The van der Waals surface area contributed by atoms with Gasteiger partial charge < -0.3 is 23.8 Å². The van der Waals surface area contributed by atoms with Crippen LogP contribution in [0.15, 0.2) is 112 Å². The Kier molecular flexibility index (Phi) is 7.13. The fourth-order valence-corrected chi connectivity index (χ4v) is 4.94. The minimum Gasteiger partial charge on any atom is -0.486 e. The average molecular weight is 534 g/mol. The number of furan rings is 2. The Morgan fingerprint density at radius 3 is 2.60 bits per heavy atom. The molecule has 40 heavy (non-hydrogen) atoms. The summed E-state index contributed by atoms with van der Waals surface area (Å²) in [5.41, 5.74) is 4.12. The van der Waals surface area contributed by atoms with Crippen LogP contribution in [0.5, 0.6) is 5.75 Å². The summed E-state index contributed by atoms with van der Waals surface area (Å²) in [7, 11) is 0. The summed E-state index contributed by atoms with van der Waals surface area (Å²) < 4.78 is 17.2. The summed E-state index contributed by atoms with van der Waals surface area (Å²) in [5, 5.41) is 2.84. The molecule has 0 radical (unpaired) electrons. The van der Waals surface area contributed by atoms with E-state index >= 15 is 0 Å². The monoisotopic (exact) mass is 533 g/mol. The maximum atomic E-state index is 13.4. The standard InChI is InChI=1S/C32H27N3O5/c36-31(34-20-22-12-15-33-16-13-22)28-11-10-26(40-28)21-39-25-9-8-23-14-17-35(32(37)29-7-4-18-38-29)30(27(23)19-25)24-5-2-1-3-6-24/h1-13,15-16,18-19,30H,14,17,20-21H2,(H,34,36)/t30-/m1/s1. The van der Waals surface area contributed by atoms with Gasteiger partial charge in [-0.25, -0.2) is 0 Å². The molecule has 0 bridgehead atoms. The minimum atomic E-state index is -0.302. The Morgan fingerprint density at radius 2 is 1.80 bits per heavy atom. The molecule has 4 heterocycles. The van der Waals surface area contributed by atoms with Crippen molar-refractivity contribution in [1.29, 1.82) is 0 Å². The van der Waals surface area contributed by atoms with Gasteiger partial charge in [0, 0.05) is 25.5 Å². The summed E-state index contributed by atoms with van der Waals surface area (Å²) in [5.74, 6) is 1.25. The number of carbonyl (C=O) groups excluding carboxylic acids is 2. The molecular formula is C32H27N3O5. The number of hydrogen-bond acceptors (Lipinski definition) is 6. The number of pyridine rings is 1. The molecule has 0 aliphatic carbocycles. The molecule has 0 unspecified atom stereocenters. The molecule has 8 nitrogen and oxygen atoms in total. The summed E-state index contributed by atoms with van der Waals surface area (Å²) in [6, 6.07) is 26.1. The molecule has 0 saturated carbocycles. The van der Waals surface area contributed by atoms with Gasteiger partial charge in [-0.1, -0.05) is 36.4 Å². The first-order valence-corrected chi connectivity index (χ1v) is 13.1. The second-order valence-corrected chi connectivity index (χ2v) is 9.49. The maximum Gasteiger partial charge on any atom is 0.290 e. The zero-order chi connectivity index (χ0) is 27.3. The Hall–Kier alpha value is -5.11. The van der Waals surface area contributed by atoms with E-state index in [1.54, 1.807) is 36.7 Å². The van der Waals surface area contributed by atoms with Gasteiger partial charge in [-0.15, -0.1) is 0 Å². The van der Waals surface area contributed by atoms with Crippen molar-refractivity contribution in [2.24, 2.45) is 0 Å². The van der Waals surface area contributed by atoms with Crippen LogP contribution in [0.4, 0.5) is 0 Å². The number of hydrogen-bond donors (Lipinski definition) is 1. The Labute approximate surface area is 231 Å². The number of fused-ring (bicyclic) bond motifs is 1. The van der Waals surface area contributed by atoms with Crippen molar-refractivity contribution in [1.82, 2.24) is 15.2 Å². The molecule has 0 fully saturated rings. The summed E-state index contributed by atoms with van der Waals surface area (Å²) >= 11 is 0. The lowest BCUT2D eigenvalue weighted by molar-refractivity contribution is 0.0661. The highest BCUT2D eigenvalue weighted by Gasteiger charge is 2.34. The topological polar surface area (TPSA) is 97.8 Å². The van der Waals surface area contributed by atoms with Gasteiger partial charge in [-0.2, -0.15) is 0 Å². The molecule has 5 aromatic rings. The number of amides is 2. The summed E-state index contributed by atoms with van der Waals surface area (Å²) in [6.45, 7) is 1.11. The van der Waals surface area contributed by atoms with E-state index in [1.165, 1.54) is 6.26 Å². The largest absolute Gasteiger partial charge is 0.486 e. The minimum absolute atomic E-state index is 0.152. The number of nitrogens with one attached hydrogen (secondary N) is 1. The van der Waals surface area contributed by atoms with Gasteiger partial charge in [-0.3, -0.25) is 14.6 Å². The van der Waals surface area contributed by atoms with Gasteiger partial charge in [0.25, 0.3) is 11.8 Å². The number of aromatic nitrogens is 1. The first-order valence-electron chi connectivity index (χ1n) is 13.1. The zero-order valence-electron chi connectivity index (χ0n) is 21.7. The van der Waals surface area contributed by atoms with Crippen molar-refractivity contribution in [2.45, 2.75) is 25.6 Å². The second kappa shape index (κ2) is 11.3. The van der Waals surface area contributed by atoms with Crippen LogP contribution in [-0.2, 0) is 19.6 Å². The average Bonchev–Trinajstić information content (AvgIpc) is 3.72. The number of rotatable bonds is 8. The van der Waals surface area contributed by atoms with Crippen molar-refractivity contribution in [3.63, 3.8) is 0 Å². The number of benzene rings is 2. The number of carbonyl (C=O) groups is 2. The van der Waals surface area contributed by atoms with Crippen LogP contribution < -0.4 is 10.1 Å². The predicted octanol–water partition coefficient (Wildman–Crippen LogP) is 5.56. The lowest BCUT2D eigenvalue weighted by Crippen LogP contribution is -2.40. The first kappa shape index (κ1) is 25.2. The van der Waals surface area contributed by atoms with E-state index in [0.717, 1.165) is 28.7 Å². The molecule has 6 rings (SSSR count). The van der Waals surface area contributed by atoms with E-state index in [1.807, 2.05) is 59.5 Å². The molecule has 2 aromatic carbocycles. The van der Waals surface area contributed by atoms with Crippen molar-refractivity contribution >= 4 is 11.8 Å². The van der Waals surface area contributed by atoms with Crippen molar-refractivity contribution in [3.8, 4) is 5.75 Å². The Morgan fingerprint density at radius 1 is 0.950 bits per heavy atom. The first-order chi connectivity index (χ1) is 19.7. The number of ether oxygens (including phenoxy) is 1. The summed E-state index contributed by atoms with van der Waals surface area (Å²) in [4.78, 5) is 31.7. The van der Waals surface area contributed by atoms with Gasteiger partial charge in [0.1, 0.15) is 18.1 Å². The van der Waals surface area contributed by atoms with Crippen LogP contribution in [0.1, 0.15) is 55.2 Å². The van der Waals surface area contributed by atoms with Crippen LogP contribution in [-0.4, -0.2) is 28.2 Å². The third-order valence-electron chi connectivity index (χ3n) is 6.92. The van der Waals surface area contributed by atoms with Gasteiger partial charge >= 0.3 is 0 Å². The van der Waals surface area contributed by atoms with E-state index in [0.29, 0.717) is 30.4 Å². The third-order valence-corrected chi connectivity index (χ3v) is 6.92. The molecule has 0 spiro atoms. The molecule has 2 amide bonds. The molecular weight excluding hydrogens is 506 g/mol. The van der Waals surface area contributed by atoms with Gasteiger partial charge in [0.05, 0.1) is 12.3 Å². The fraction of sp³-hybridized carbons (Fsp3) is 0.156. The Bertz CT molecular complexity index is 1600. The number of nitrogens with zero attached hydrogens (tertiary/aromatic N) is 2. The zero-order valence-corrected chi connectivity index (χ0v) is 21.7. The van der Waals surface area contributed by atoms with Crippen molar-refractivity contribution in [3.05, 3.63) is 143 Å². The smallest absolute Gasteiger partial charge is 0.290 e. The van der Waals surface area contributed by atoms with E-state index < -0.39 is 0 Å². The second-order valence-electron chi connectivity index (χ2n) is 9.49. The highest BCUT2D eigenvalue weighted by atomic mass is 16.5. The molecule has 0 saturated heterocycles. The van der Waals surface area contributed by atoms with Crippen molar-refractivity contribution < 1.29 is 23.2 Å². The molecule has 3 aromatic heterocycles. The van der Waals surface area contributed by atoms with Crippen LogP contribution in [0, 0.1) is 0 Å². The normalized spacial score (nSPS) is 14.4. The maximum absolute atomic E-state index is 13.4. The lowest BCUT2D eigenvalue weighted by Gasteiger charge is -2.37. The molecule has 200 valence electrons. The van der Waals surface area contributed by atoms with Crippen LogP contribution >= 0.6 is 0 Å². The highest BCUT2D eigenvalue weighted by Crippen LogP contribution is 2.38. The van der Waals surface area contributed by atoms with Crippen LogP contribution in [0.2, 0.25) is 0 Å². The van der Waals surface area contributed by atoms with Crippen LogP contribution in [0.3, 0.4) is 0 Å². The predicted molar refractivity (Wildman–Crippen MR) is 147 cm³/mol. The van der Waals surface area contributed by atoms with Gasteiger partial charge in [0.15, 0.2) is 11.5 Å². The van der Waals surface area contributed by atoms with Crippen LogP contribution in [0.25, 0.3) is 0 Å². The molecule has 1 atom stereocenters.